The molecule has 0 atom stereocenters. The molecule has 0 radical (unpaired) electrons. The van der Waals surface area contributed by atoms with Crippen LogP contribution in [-0.2, 0) is 26.2 Å². The van der Waals surface area contributed by atoms with E-state index >= 15 is 0 Å². The second-order valence-electron chi connectivity index (χ2n) is 11.2. The number of rotatable bonds is 4. The molecule has 0 spiro atoms. The van der Waals surface area contributed by atoms with Crippen molar-refractivity contribution in [2.45, 2.75) is 52.4 Å². The molecule has 0 saturated heterocycles. The summed E-state index contributed by atoms with van der Waals surface area (Å²) in [6.45, 7) is 20.2. The zero-order valence-corrected chi connectivity index (χ0v) is 27.5. The van der Waals surface area contributed by atoms with Crippen molar-refractivity contribution < 1.29 is 51.0 Å². The van der Waals surface area contributed by atoms with Gasteiger partial charge in [-0.05, 0) is 0 Å². The summed E-state index contributed by atoms with van der Waals surface area (Å²) in [6.07, 6.45) is 0. The molecule has 0 heterocycles. The molecule has 0 N–H and O–H groups in total. The molecule has 4 aromatic rings. The summed E-state index contributed by atoms with van der Waals surface area (Å²) in [5.74, 6) is 0. The van der Waals surface area contributed by atoms with E-state index < -0.39 is 24.2 Å². The average Bonchev–Trinajstić information content (AvgIpc) is 3.21. The van der Waals surface area contributed by atoms with Crippen LogP contribution in [0.4, 0.5) is 0 Å². The first kappa shape index (κ1) is 29.8. The van der Waals surface area contributed by atoms with Crippen molar-refractivity contribution in [2.75, 3.05) is 0 Å². The van der Waals surface area contributed by atoms with Gasteiger partial charge in [0.2, 0.25) is 0 Å². The Morgan fingerprint density at radius 2 is 1.22 bits per heavy atom. The fourth-order valence-electron chi connectivity index (χ4n) is 5.06. The molecule has 168 valence electrons. The van der Waals surface area contributed by atoms with E-state index in [1.807, 2.05) is 0 Å². The Balaban J connectivity index is 0.00000171. The van der Waals surface area contributed by atoms with Crippen molar-refractivity contribution >= 4 is 66.5 Å². The zero-order valence-electron chi connectivity index (χ0n) is 20.5. The van der Waals surface area contributed by atoms with Gasteiger partial charge in [-0.3, -0.25) is 0 Å². The summed E-state index contributed by atoms with van der Waals surface area (Å²) in [5.41, 5.74) is 0. The molecular formula is C26H34Cl2Si3Zr. The summed E-state index contributed by atoms with van der Waals surface area (Å²) >= 11 is 0. The minimum atomic E-state index is -1.86. The molecule has 0 unspecified atom stereocenters. The minimum Gasteiger partial charge on any atom is -1.00 e. The topological polar surface area (TPSA) is 0 Å². The van der Waals surface area contributed by atoms with Crippen molar-refractivity contribution in [3.63, 3.8) is 0 Å². The van der Waals surface area contributed by atoms with Crippen LogP contribution in [0, 0.1) is 0 Å². The van der Waals surface area contributed by atoms with Crippen LogP contribution in [-0.4, -0.2) is 24.2 Å². The second kappa shape index (κ2) is 10.2. The van der Waals surface area contributed by atoms with Crippen molar-refractivity contribution in [1.29, 1.82) is 0 Å². The second-order valence-corrected chi connectivity index (χ2v) is 25.5. The predicted octanol–water partition coefficient (Wildman–Crippen LogP) is -0.651. The Morgan fingerprint density at radius 1 is 0.688 bits per heavy atom. The smallest absolute Gasteiger partial charge is 1.00 e. The van der Waals surface area contributed by atoms with Gasteiger partial charge in [0.25, 0.3) is 0 Å². The molecule has 0 aliphatic carbocycles. The fourth-order valence-corrected chi connectivity index (χ4v) is 13.7. The summed E-state index contributed by atoms with van der Waals surface area (Å²) in [7, 11) is -4.75. The molecule has 0 aliphatic rings. The molecule has 32 heavy (non-hydrogen) atoms. The van der Waals surface area contributed by atoms with E-state index in [0.717, 1.165) is 0 Å². The largest absolute Gasteiger partial charge is 4.00 e. The SMILES string of the molecule is C[Si](C)(C)c1c([Si](C)(C)[c-]2cc([Si](C)(C)C)c3ccccc32)[cH-]c2ccccc12.[Cl-].[Cl-].[Zr+4]. The molecule has 4 aromatic carbocycles. The van der Waals surface area contributed by atoms with E-state index in [1.165, 1.54) is 21.5 Å². The van der Waals surface area contributed by atoms with Crippen LogP contribution in [0.25, 0.3) is 21.5 Å². The van der Waals surface area contributed by atoms with Crippen LogP contribution < -0.4 is 45.6 Å². The van der Waals surface area contributed by atoms with Gasteiger partial charge in [0.15, 0.2) is 0 Å². The maximum atomic E-state index is 2.62. The minimum absolute atomic E-state index is 0. The van der Waals surface area contributed by atoms with E-state index in [2.05, 4.69) is 113 Å². The van der Waals surface area contributed by atoms with Crippen LogP contribution in [0.2, 0.25) is 52.4 Å². The van der Waals surface area contributed by atoms with Gasteiger partial charge in [-0.25, -0.2) is 0 Å². The Kier molecular flexibility index (Phi) is 9.48. The third-order valence-electron chi connectivity index (χ3n) is 6.50. The van der Waals surface area contributed by atoms with Gasteiger partial charge in [-0.2, -0.15) is 27.0 Å². The molecule has 0 amide bonds. The third kappa shape index (κ3) is 5.06. The monoisotopic (exact) mass is 590 g/mol. The zero-order chi connectivity index (χ0) is 21.2. The molecule has 0 aliphatic heterocycles. The molecular weight excluding hydrogens is 559 g/mol. The van der Waals surface area contributed by atoms with E-state index in [1.54, 1.807) is 20.7 Å². The van der Waals surface area contributed by atoms with Crippen molar-refractivity contribution in [1.82, 2.24) is 0 Å². The van der Waals surface area contributed by atoms with Crippen LogP contribution >= 0.6 is 0 Å². The third-order valence-corrected chi connectivity index (χ3v) is 14.3. The molecule has 0 bridgehead atoms. The summed E-state index contributed by atoms with van der Waals surface area (Å²) in [4.78, 5) is 0. The van der Waals surface area contributed by atoms with E-state index in [0.29, 0.717) is 0 Å². The Morgan fingerprint density at radius 3 is 1.78 bits per heavy atom. The molecule has 0 fully saturated rings. The number of fused-ring (bicyclic) bond motifs is 2. The van der Waals surface area contributed by atoms with Crippen molar-refractivity contribution in [3.8, 4) is 0 Å². The molecule has 0 aromatic heterocycles. The summed E-state index contributed by atoms with van der Waals surface area (Å²) < 4.78 is 0. The van der Waals surface area contributed by atoms with Gasteiger partial charge in [0.05, 0.1) is 0 Å². The normalized spacial score (nSPS) is 12.2. The van der Waals surface area contributed by atoms with Crippen LogP contribution in [0.15, 0.2) is 60.7 Å². The van der Waals surface area contributed by atoms with E-state index in [-0.39, 0.29) is 51.0 Å². The van der Waals surface area contributed by atoms with Crippen LogP contribution in [0.1, 0.15) is 0 Å². The first-order valence-electron chi connectivity index (χ1n) is 10.8. The predicted molar refractivity (Wildman–Crippen MR) is 142 cm³/mol. The van der Waals surface area contributed by atoms with Crippen molar-refractivity contribution in [2.24, 2.45) is 0 Å². The van der Waals surface area contributed by atoms with E-state index in [4.69, 9.17) is 0 Å². The van der Waals surface area contributed by atoms with Gasteiger partial charge < -0.3 is 24.8 Å². The molecule has 4 rings (SSSR count). The number of hydrogen-bond donors (Lipinski definition) is 0. The standard InChI is InChI=1S/C26H34Si3.2ClH.Zr/c1-27(2,3)23-18-24(22-16-12-11-15-21(22)23)29(7,8)25-17-19-13-9-10-14-20(19)26(25)28(4,5)6;;;/h9-18H,1-8H3;2*1H;/q-2;;;+4/p-2. The Hall–Kier alpha value is -0.226. The van der Waals surface area contributed by atoms with Gasteiger partial charge in [0.1, 0.15) is 0 Å². The van der Waals surface area contributed by atoms with Gasteiger partial charge >= 0.3 is 26.2 Å². The summed E-state index contributed by atoms with van der Waals surface area (Å²) in [6, 6.07) is 23.4. The van der Waals surface area contributed by atoms with Crippen LogP contribution in [0.5, 0.6) is 0 Å². The molecule has 0 nitrogen and oxygen atoms in total. The van der Waals surface area contributed by atoms with Crippen molar-refractivity contribution in [3.05, 3.63) is 60.7 Å². The van der Waals surface area contributed by atoms with Gasteiger partial charge in [-0.1, -0.05) is 64.5 Å². The fraction of sp³-hybridized carbons (Fsp3) is 0.308. The number of benzene rings is 2. The van der Waals surface area contributed by atoms with Crippen LogP contribution in [0.3, 0.4) is 0 Å². The Bertz CT molecular complexity index is 1210. The summed E-state index contributed by atoms with van der Waals surface area (Å²) in [5, 5.41) is 12.6. The Labute approximate surface area is 228 Å². The first-order valence-corrected chi connectivity index (χ1v) is 20.8. The maximum Gasteiger partial charge on any atom is 4.00 e. The van der Waals surface area contributed by atoms with Gasteiger partial charge in [-0.15, -0.1) is 63.8 Å². The number of hydrogen-bond acceptors (Lipinski definition) is 0. The maximum absolute atomic E-state index is 2.62. The number of halogens is 2. The molecule has 6 heteroatoms. The first-order chi connectivity index (χ1) is 13.4. The van der Waals surface area contributed by atoms with E-state index in [9.17, 15) is 0 Å². The average molecular weight is 593 g/mol. The van der Waals surface area contributed by atoms with Gasteiger partial charge in [0, 0.05) is 24.2 Å². The molecule has 0 saturated carbocycles. The quantitative estimate of drug-likeness (QED) is 0.218.